The average molecular weight is 580 g/mol. The van der Waals surface area contributed by atoms with E-state index >= 15 is 0 Å². The van der Waals surface area contributed by atoms with E-state index < -0.39 is 0 Å². The molecule has 3 heterocycles. The molecular weight excluding hydrogens is 555 g/mol. The third-order valence-corrected chi connectivity index (χ3v) is 9.60. The molecule has 0 unspecified atom stereocenters. The summed E-state index contributed by atoms with van der Waals surface area (Å²) in [6, 6.07) is 53.6. The highest BCUT2D eigenvalue weighted by atomic mass is 32.1. The highest BCUT2D eigenvalue weighted by molar-refractivity contribution is 7.26. The number of hydrogen-bond donors (Lipinski definition) is 0. The Morgan fingerprint density at radius 2 is 0.955 bits per heavy atom. The number of benzene rings is 6. The molecule has 0 spiro atoms. The van der Waals surface area contributed by atoms with Gasteiger partial charge >= 0.3 is 0 Å². The lowest BCUT2D eigenvalue weighted by atomic mass is 10.0. The summed E-state index contributed by atoms with van der Waals surface area (Å²) < 4.78 is 4.52. The summed E-state index contributed by atoms with van der Waals surface area (Å²) in [4.78, 5) is 10.7. The molecule has 0 bridgehead atoms. The third kappa shape index (κ3) is 3.96. The van der Waals surface area contributed by atoms with Gasteiger partial charge in [0, 0.05) is 26.4 Å². The lowest BCUT2D eigenvalue weighted by Gasteiger charge is -2.10. The van der Waals surface area contributed by atoms with Crippen LogP contribution in [-0.2, 0) is 0 Å². The molecule has 9 rings (SSSR count). The molecule has 9 aromatic rings. The van der Waals surface area contributed by atoms with E-state index in [2.05, 4.69) is 156 Å². The van der Waals surface area contributed by atoms with Crippen LogP contribution in [0.2, 0.25) is 0 Å². The van der Waals surface area contributed by atoms with Crippen molar-refractivity contribution >= 4 is 53.4 Å². The zero-order valence-corrected chi connectivity index (χ0v) is 24.5. The van der Waals surface area contributed by atoms with Crippen LogP contribution in [0.4, 0.5) is 0 Å². The predicted octanol–water partition coefficient (Wildman–Crippen LogP) is 10.9. The number of thiophene rings is 1. The van der Waals surface area contributed by atoms with Gasteiger partial charge in [-0.3, -0.25) is 4.57 Å². The van der Waals surface area contributed by atoms with Gasteiger partial charge in [0.15, 0.2) is 0 Å². The lowest BCUT2D eigenvalue weighted by molar-refractivity contribution is 1.02. The molecule has 0 aliphatic rings. The number of para-hydroxylation sites is 2. The van der Waals surface area contributed by atoms with E-state index in [1.54, 1.807) is 11.3 Å². The molecule has 206 valence electrons. The minimum absolute atomic E-state index is 0.684. The van der Waals surface area contributed by atoms with Gasteiger partial charge in [-0.2, -0.15) is 0 Å². The Morgan fingerprint density at radius 3 is 1.61 bits per heavy atom. The molecule has 0 amide bonds. The van der Waals surface area contributed by atoms with Gasteiger partial charge in [0.1, 0.15) is 0 Å². The van der Waals surface area contributed by atoms with Crippen LogP contribution in [0.5, 0.6) is 0 Å². The van der Waals surface area contributed by atoms with Crippen molar-refractivity contribution in [1.29, 1.82) is 0 Å². The summed E-state index contributed by atoms with van der Waals surface area (Å²) in [7, 11) is 0. The van der Waals surface area contributed by atoms with Gasteiger partial charge in [-0.05, 0) is 40.5 Å². The quantitative estimate of drug-likeness (QED) is 0.208. The highest BCUT2D eigenvalue weighted by Crippen LogP contribution is 2.41. The molecule has 0 atom stereocenters. The zero-order chi connectivity index (χ0) is 29.0. The van der Waals surface area contributed by atoms with Crippen LogP contribution in [-0.4, -0.2) is 14.5 Å². The highest BCUT2D eigenvalue weighted by Gasteiger charge is 2.20. The average Bonchev–Trinajstić information content (AvgIpc) is 3.64. The Hall–Kier alpha value is -5.58. The molecule has 44 heavy (non-hydrogen) atoms. The molecule has 3 nitrogen and oxygen atoms in total. The first-order chi connectivity index (χ1) is 21.8. The van der Waals surface area contributed by atoms with E-state index in [0.29, 0.717) is 5.95 Å². The smallest absolute Gasteiger partial charge is 0.235 e. The minimum atomic E-state index is 0.684. The van der Waals surface area contributed by atoms with Gasteiger partial charge in [0.2, 0.25) is 5.95 Å². The summed E-state index contributed by atoms with van der Waals surface area (Å²) >= 11 is 1.77. The molecule has 4 heteroatoms. The molecule has 0 aliphatic heterocycles. The summed E-state index contributed by atoms with van der Waals surface area (Å²) in [6.45, 7) is 0. The van der Waals surface area contributed by atoms with Crippen molar-refractivity contribution in [1.82, 2.24) is 14.5 Å². The number of fused-ring (bicyclic) bond motifs is 6. The topological polar surface area (TPSA) is 30.7 Å². The third-order valence-electron chi connectivity index (χ3n) is 8.46. The molecule has 0 saturated heterocycles. The standard InChI is InChI=1S/C40H25N3S/c1-3-11-26(12-4-1)28-19-21-29(22-20-28)37-39-38(33-24-23-30(25-36(33)44-39)27-13-5-2-6-14-27)42-40(41-37)43-34-17-9-7-15-31(34)32-16-8-10-18-35(32)43/h1-25H. The van der Waals surface area contributed by atoms with Gasteiger partial charge in [0.25, 0.3) is 0 Å². The van der Waals surface area contributed by atoms with E-state index in [1.165, 1.54) is 37.7 Å². The molecule has 6 aromatic carbocycles. The Morgan fingerprint density at radius 1 is 0.432 bits per heavy atom. The van der Waals surface area contributed by atoms with Crippen LogP contribution < -0.4 is 0 Å². The van der Waals surface area contributed by atoms with Gasteiger partial charge in [-0.15, -0.1) is 11.3 Å². The fraction of sp³-hybridized carbons (Fsp3) is 0. The van der Waals surface area contributed by atoms with Gasteiger partial charge in [-0.1, -0.05) is 133 Å². The predicted molar refractivity (Wildman–Crippen MR) is 186 cm³/mol. The van der Waals surface area contributed by atoms with Crippen molar-refractivity contribution in [2.24, 2.45) is 0 Å². The molecule has 0 aliphatic carbocycles. The van der Waals surface area contributed by atoms with Gasteiger partial charge < -0.3 is 0 Å². The van der Waals surface area contributed by atoms with Crippen molar-refractivity contribution in [2.75, 3.05) is 0 Å². The van der Waals surface area contributed by atoms with Crippen molar-refractivity contribution in [2.45, 2.75) is 0 Å². The maximum absolute atomic E-state index is 5.35. The second kappa shape index (κ2) is 10.0. The monoisotopic (exact) mass is 579 g/mol. The second-order valence-corrected chi connectivity index (χ2v) is 12.1. The number of aromatic nitrogens is 3. The number of rotatable bonds is 4. The maximum Gasteiger partial charge on any atom is 0.235 e. The molecule has 3 aromatic heterocycles. The van der Waals surface area contributed by atoms with Crippen LogP contribution >= 0.6 is 11.3 Å². The Bertz CT molecular complexity index is 2420. The summed E-state index contributed by atoms with van der Waals surface area (Å²) in [6.07, 6.45) is 0. The number of hydrogen-bond acceptors (Lipinski definition) is 3. The zero-order valence-electron chi connectivity index (χ0n) is 23.7. The SMILES string of the molecule is c1ccc(-c2ccc(-c3nc(-n4c5ccccc5c5ccccc54)nc4c3sc3cc(-c5ccccc5)ccc34)cc2)cc1. The van der Waals surface area contributed by atoms with Gasteiger partial charge in [0.05, 0.1) is 26.9 Å². The van der Waals surface area contributed by atoms with Crippen molar-refractivity contribution in [3.8, 4) is 39.5 Å². The van der Waals surface area contributed by atoms with Gasteiger partial charge in [-0.25, -0.2) is 9.97 Å². The second-order valence-electron chi connectivity index (χ2n) is 11.0. The Balaban J connectivity index is 1.32. The fourth-order valence-electron chi connectivity index (χ4n) is 6.33. The summed E-state index contributed by atoms with van der Waals surface area (Å²) in [5, 5.41) is 3.54. The van der Waals surface area contributed by atoms with Crippen molar-refractivity contribution in [3.63, 3.8) is 0 Å². The van der Waals surface area contributed by atoms with Crippen molar-refractivity contribution < 1.29 is 0 Å². The van der Waals surface area contributed by atoms with Crippen molar-refractivity contribution in [3.05, 3.63) is 152 Å². The molecule has 0 fully saturated rings. The van der Waals surface area contributed by atoms with Crippen LogP contribution in [0.1, 0.15) is 0 Å². The summed E-state index contributed by atoms with van der Waals surface area (Å²) in [5.74, 6) is 0.684. The van der Waals surface area contributed by atoms with E-state index in [-0.39, 0.29) is 0 Å². The Kier molecular flexibility index (Phi) is 5.68. The first kappa shape index (κ1) is 25.0. The Labute approximate surface area is 258 Å². The van der Waals surface area contributed by atoms with E-state index in [0.717, 1.165) is 37.9 Å². The largest absolute Gasteiger partial charge is 0.278 e. The van der Waals surface area contributed by atoms with Crippen LogP contribution in [0.25, 0.3) is 81.6 Å². The normalized spacial score (nSPS) is 11.6. The maximum atomic E-state index is 5.35. The van der Waals surface area contributed by atoms with E-state index in [4.69, 9.17) is 9.97 Å². The van der Waals surface area contributed by atoms with Crippen LogP contribution in [0.15, 0.2) is 152 Å². The van der Waals surface area contributed by atoms with Crippen LogP contribution in [0, 0.1) is 0 Å². The molecular formula is C40H25N3S. The first-order valence-corrected chi connectivity index (χ1v) is 15.6. The first-order valence-electron chi connectivity index (χ1n) is 14.8. The molecule has 0 N–H and O–H groups in total. The molecule has 0 saturated carbocycles. The van der Waals surface area contributed by atoms with Crippen LogP contribution in [0.3, 0.4) is 0 Å². The lowest BCUT2D eigenvalue weighted by Crippen LogP contribution is -2.02. The fourth-order valence-corrected chi connectivity index (χ4v) is 7.52. The number of nitrogens with zero attached hydrogens (tertiary/aromatic N) is 3. The van der Waals surface area contributed by atoms with E-state index in [1.807, 2.05) is 0 Å². The van der Waals surface area contributed by atoms with E-state index in [9.17, 15) is 0 Å². The summed E-state index contributed by atoms with van der Waals surface area (Å²) in [5.41, 5.74) is 10.0. The molecule has 0 radical (unpaired) electrons. The minimum Gasteiger partial charge on any atom is -0.278 e.